The van der Waals surface area contributed by atoms with Crippen LogP contribution in [0.1, 0.15) is 15.9 Å². The summed E-state index contributed by atoms with van der Waals surface area (Å²) in [7, 11) is 4.17. The maximum absolute atomic E-state index is 12.1. The number of hydrogen-bond acceptors (Lipinski definition) is 4. The Kier molecular flexibility index (Phi) is 4.62. The van der Waals surface area contributed by atoms with Gasteiger partial charge in [0.15, 0.2) is 0 Å². The third-order valence-corrected chi connectivity index (χ3v) is 3.88. The van der Waals surface area contributed by atoms with Gasteiger partial charge in [0.2, 0.25) is 0 Å². The Hall–Kier alpha value is -1.59. The Labute approximate surface area is 120 Å². The summed E-state index contributed by atoms with van der Waals surface area (Å²) in [5.74, 6) is -0.185. The SMILES string of the molecule is Cc1ccc(O)c(C(=O)NCC2CN(C)CCN2C)c1. The quantitative estimate of drug-likeness (QED) is 0.853. The highest BCUT2D eigenvalue weighted by Gasteiger charge is 2.23. The topological polar surface area (TPSA) is 55.8 Å². The number of phenols is 1. The molecule has 5 heteroatoms. The molecule has 20 heavy (non-hydrogen) atoms. The van der Waals surface area contributed by atoms with E-state index in [9.17, 15) is 9.90 Å². The molecule has 0 radical (unpaired) electrons. The Balaban J connectivity index is 1.96. The van der Waals surface area contributed by atoms with Crippen molar-refractivity contribution >= 4 is 5.91 Å². The third kappa shape index (κ3) is 3.49. The number of nitrogens with zero attached hydrogens (tertiary/aromatic N) is 2. The van der Waals surface area contributed by atoms with Crippen LogP contribution in [0.15, 0.2) is 18.2 Å². The van der Waals surface area contributed by atoms with Gasteiger partial charge in [-0.25, -0.2) is 0 Å². The summed E-state index contributed by atoms with van der Waals surface area (Å²) in [5.41, 5.74) is 1.30. The van der Waals surface area contributed by atoms with Crippen LogP contribution in [0.3, 0.4) is 0 Å². The van der Waals surface area contributed by atoms with Crippen molar-refractivity contribution in [3.63, 3.8) is 0 Å². The molecule has 1 amide bonds. The van der Waals surface area contributed by atoms with Crippen molar-refractivity contribution in [2.75, 3.05) is 40.3 Å². The first kappa shape index (κ1) is 14.8. The summed E-state index contributed by atoms with van der Waals surface area (Å²) >= 11 is 0. The van der Waals surface area contributed by atoms with E-state index in [0.29, 0.717) is 18.2 Å². The van der Waals surface area contributed by atoms with Gasteiger partial charge >= 0.3 is 0 Å². The molecule has 1 aromatic rings. The van der Waals surface area contributed by atoms with E-state index >= 15 is 0 Å². The number of aromatic hydroxyl groups is 1. The van der Waals surface area contributed by atoms with E-state index in [2.05, 4.69) is 29.2 Å². The summed E-state index contributed by atoms with van der Waals surface area (Å²) < 4.78 is 0. The lowest BCUT2D eigenvalue weighted by Gasteiger charge is -2.37. The van der Waals surface area contributed by atoms with Gasteiger partial charge in [0.1, 0.15) is 5.75 Å². The number of piperazine rings is 1. The van der Waals surface area contributed by atoms with Crippen molar-refractivity contribution in [3.8, 4) is 5.75 Å². The number of nitrogens with one attached hydrogen (secondary N) is 1. The lowest BCUT2D eigenvalue weighted by atomic mass is 10.1. The average Bonchev–Trinajstić information content (AvgIpc) is 2.42. The standard InChI is InChI=1S/C15H23N3O2/c1-11-4-5-14(19)13(8-11)15(20)16-9-12-10-17(2)6-7-18(12)3/h4-5,8,12,19H,6-7,9-10H2,1-3H3,(H,16,20). The van der Waals surface area contributed by atoms with E-state index < -0.39 is 0 Å². The molecule has 110 valence electrons. The molecule has 5 nitrogen and oxygen atoms in total. The fourth-order valence-corrected chi connectivity index (χ4v) is 2.46. The van der Waals surface area contributed by atoms with Gasteiger partial charge in [-0.15, -0.1) is 0 Å². The fraction of sp³-hybridized carbons (Fsp3) is 0.533. The lowest BCUT2D eigenvalue weighted by molar-refractivity contribution is 0.0879. The number of likely N-dealkylation sites (N-methyl/N-ethyl adjacent to an activating group) is 2. The van der Waals surface area contributed by atoms with Crippen LogP contribution in [-0.2, 0) is 0 Å². The molecule has 1 saturated heterocycles. The van der Waals surface area contributed by atoms with Crippen molar-refractivity contribution in [2.45, 2.75) is 13.0 Å². The zero-order chi connectivity index (χ0) is 14.7. The Bertz CT molecular complexity index is 490. The fourth-order valence-electron chi connectivity index (χ4n) is 2.46. The van der Waals surface area contributed by atoms with Crippen LogP contribution in [0.5, 0.6) is 5.75 Å². The molecule has 1 unspecified atom stereocenters. The highest BCUT2D eigenvalue weighted by Crippen LogP contribution is 2.18. The van der Waals surface area contributed by atoms with Crippen LogP contribution in [-0.4, -0.2) is 67.1 Å². The number of rotatable bonds is 3. The van der Waals surface area contributed by atoms with Crippen molar-refractivity contribution in [3.05, 3.63) is 29.3 Å². The van der Waals surface area contributed by atoms with Crippen LogP contribution in [0, 0.1) is 6.92 Å². The third-order valence-electron chi connectivity index (χ3n) is 3.88. The molecule has 1 heterocycles. The molecule has 2 N–H and O–H groups in total. The van der Waals surface area contributed by atoms with E-state index in [1.165, 1.54) is 0 Å². The first-order valence-corrected chi connectivity index (χ1v) is 6.94. The summed E-state index contributed by atoms with van der Waals surface area (Å²) in [4.78, 5) is 16.7. The number of amides is 1. The summed E-state index contributed by atoms with van der Waals surface area (Å²) in [6, 6.07) is 5.37. The molecule has 2 rings (SSSR count). The molecule has 1 aliphatic heterocycles. The second-order valence-electron chi connectivity index (χ2n) is 5.63. The number of carbonyl (C=O) groups is 1. The molecular weight excluding hydrogens is 254 g/mol. The van der Waals surface area contributed by atoms with Gasteiger partial charge in [-0.05, 0) is 33.2 Å². The van der Waals surface area contributed by atoms with Crippen molar-refractivity contribution in [1.82, 2.24) is 15.1 Å². The first-order chi connectivity index (χ1) is 9.47. The Morgan fingerprint density at radius 3 is 2.90 bits per heavy atom. The van der Waals surface area contributed by atoms with E-state index in [-0.39, 0.29) is 11.7 Å². The molecule has 0 bridgehead atoms. The first-order valence-electron chi connectivity index (χ1n) is 6.94. The second-order valence-corrected chi connectivity index (χ2v) is 5.63. The van der Waals surface area contributed by atoms with E-state index in [1.54, 1.807) is 18.2 Å². The van der Waals surface area contributed by atoms with Gasteiger partial charge in [-0.1, -0.05) is 11.6 Å². The predicted molar refractivity (Wildman–Crippen MR) is 79.1 cm³/mol. The van der Waals surface area contributed by atoms with Gasteiger partial charge in [-0.2, -0.15) is 0 Å². The van der Waals surface area contributed by atoms with Crippen LogP contribution in [0.25, 0.3) is 0 Å². The average molecular weight is 277 g/mol. The van der Waals surface area contributed by atoms with Gasteiger partial charge in [0.25, 0.3) is 5.91 Å². The Morgan fingerprint density at radius 2 is 2.15 bits per heavy atom. The monoisotopic (exact) mass is 277 g/mol. The lowest BCUT2D eigenvalue weighted by Crippen LogP contribution is -2.54. The maximum atomic E-state index is 12.1. The molecule has 0 spiro atoms. The molecule has 1 aliphatic rings. The largest absolute Gasteiger partial charge is 0.507 e. The molecule has 0 aliphatic carbocycles. The number of carbonyl (C=O) groups excluding carboxylic acids is 1. The smallest absolute Gasteiger partial charge is 0.255 e. The highest BCUT2D eigenvalue weighted by molar-refractivity contribution is 5.97. The van der Waals surface area contributed by atoms with E-state index in [1.807, 2.05) is 6.92 Å². The molecular formula is C15H23N3O2. The molecule has 1 aromatic carbocycles. The zero-order valence-corrected chi connectivity index (χ0v) is 12.4. The summed E-state index contributed by atoms with van der Waals surface area (Å²) in [5, 5.41) is 12.7. The van der Waals surface area contributed by atoms with Crippen LogP contribution < -0.4 is 5.32 Å². The van der Waals surface area contributed by atoms with E-state index in [4.69, 9.17) is 0 Å². The predicted octanol–water partition coefficient (Wildman–Crippen LogP) is 0.676. The number of hydrogen-bond donors (Lipinski definition) is 2. The van der Waals surface area contributed by atoms with E-state index in [0.717, 1.165) is 25.2 Å². The van der Waals surface area contributed by atoms with Gasteiger partial charge < -0.3 is 15.3 Å². The summed E-state index contributed by atoms with van der Waals surface area (Å²) in [6.07, 6.45) is 0. The van der Waals surface area contributed by atoms with Crippen LogP contribution in [0.4, 0.5) is 0 Å². The minimum atomic E-state index is -0.215. The normalized spacial score (nSPS) is 20.9. The number of benzene rings is 1. The Morgan fingerprint density at radius 1 is 1.40 bits per heavy atom. The molecule has 1 atom stereocenters. The van der Waals surface area contributed by atoms with Crippen molar-refractivity contribution in [1.29, 1.82) is 0 Å². The highest BCUT2D eigenvalue weighted by atomic mass is 16.3. The van der Waals surface area contributed by atoms with Gasteiger partial charge in [0.05, 0.1) is 5.56 Å². The molecule has 0 aromatic heterocycles. The number of phenolic OH excluding ortho intramolecular Hbond substituents is 1. The van der Waals surface area contributed by atoms with Crippen LogP contribution >= 0.6 is 0 Å². The van der Waals surface area contributed by atoms with Crippen molar-refractivity contribution in [2.24, 2.45) is 0 Å². The maximum Gasteiger partial charge on any atom is 0.255 e. The zero-order valence-electron chi connectivity index (χ0n) is 12.4. The molecule has 0 saturated carbocycles. The van der Waals surface area contributed by atoms with Crippen LogP contribution in [0.2, 0.25) is 0 Å². The molecule has 1 fully saturated rings. The minimum absolute atomic E-state index is 0.0298. The van der Waals surface area contributed by atoms with Gasteiger partial charge in [0, 0.05) is 32.2 Å². The van der Waals surface area contributed by atoms with Crippen molar-refractivity contribution < 1.29 is 9.90 Å². The second kappa shape index (κ2) is 6.24. The van der Waals surface area contributed by atoms with Gasteiger partial charge in [-0.3, -0.25) is 9.69 Å². The summed E-state index contributed by atoms with van der Waals surface area (Å²) in [6.45, 7) is 5.50. The minimum Gasteiger partial charge on any atom is -0.507 e. The number of aryl methyl sites for hydroxylation is 1.